The molecule has 23 heavy (non-hydrogen) atoms. The summed E-state index contributed by atoms with van der Waals surface area (Å²) in [5.41, 5.74) is 2.53. The Kier molecular flexibility index (Phi) is 3.70. The first-order valence-corrected chi connectivity index (χ1v) is 7.88. The second-order valence-electron chi connectivity index (χ2n) is 5.98. The molecule has 0 spiro atoms. The summed E-state index contributed by atoms with van der Waals surface area (Å²) in [5.74, 6) is 2.27. The fraction of sp³-hybridized carbons (Fsp3) is 0.438. The third-order valence-corrected chi connectivity index (χ3v) is 4.45. The minimum absolute atomic E-state index is 0.439. The molecule has 7 heteroatoms. The summed E-state index contributed by atoms with van der Waals surface area (Å²) in [4.78, 5) is 2.35. The summed E-state index contributed by atoms with van der Waals surface area (Å²) in [6.07, 6.45) is 5.81. The van der Waals surface area contributed by atoms with E-state index in [1.165, 1.54) is 11.3 Å². The van der Waals surface area contributed by atoms with E-state index in [1.807, 2.05) is 18.3 Å². The second-order valence-corrected chi connectivity index (χ2v) is 5.98. The Morgan fingerprint density at radius 1 is 1.30 bits per heavy atom. The monoisotopic (exact) mass is 313 g/mol. The molecule has 0 bridgehead atoms. The summed E-state index contributed by atoms with van der Waals surface area (Å²) < 4.78 is 10.9. The molecule has 0 saturated carbocycles. The summed E-state index contributed by atoms with van der Waals surface area (Å²) in [5, 5.41) is 15.3. The van der Waals surface area contributed by atoms with Crippen LogP contribution in [-0.2, 0) is 6.54 Å². The second kappa shape index (κ2) is 6.00. The van der Waals surface area contributed by atoms with Crippen molar-refractivity contribution in [1.29, 1.82) is 0 Å². The van der Waals surface area contributed by atoms with E-state index in [9.17, 15) is 0 Å². The Labute approximate surface area is 133 Å². The Morgan fingerprint density at radius 2 is 2.17 bits per heavy atom. The maximum atomic E-state index is 5.68. The van der Waals surface area contributed by atoms with Crippen LogP contribution in [0, 0.1) is 6.92 Å². The molecule has 0 atom stereocenters. The van der Waals surface area contributed by atoms with Crippen LogP contribution in [0.2, 0.25) is 0 Å². The van der Waals surface area contributed by atoms with Gasteiger partial charge >= 0.3 is 0 Å². The van der Waals surface area contributed by atoms with Crippen molar-refractivity contribution in [1.82, 2.24) is 25.3 Å². The zero-order valence-electron chi connectivity index (χ0n) is 13.0. The van der Waals surface area contributed by atoms with E-state index in [0.29, 0.717) is 30.0 Å². The molecule has 1 fully saturated rings. The van der Waals surface area contributed by atoms with Gasteiger partial charge in [0.1, 0.15) is 0 Å². The molecule has 0 aliphatic carbocycles. The van der Waals surface area contributed by atoms with Gasteiger partial charge in [-0.1, -0.05) is 0 Å². The summed E-state index contributed by atoms with van der Waals surface area (Å²) in [7, 11) is 0. The lowest BCUT2D eigenvalue weighted by Gasteiger charge is -2.30. The van der Waals surface area contributed by atoms with E-state index in [0.717, 1.165) is 25.9 Å². The molecule has 4 heterocycles. The minimum atomic E-state index is 0.439. The predicted octanol–water partition coefficient (Wildman–Crippen LogP) is 2.74. The minimum Gasteiger partial charge on any atom is -0.459 e. The van der Waals surface area contributed by atoms with Gasteiger partial charge in [0, 0.05) is 5.69 Å². The van der Waals surface area contributed by atoms with Crippen molar-refractivity contribution in [2.75, 3.05) is 13.1 Å². The first kappa shape index (κ1) is 14.2. The normalized spacial score (nSPS) is 16.9. The molecule has 0 radical (unpaired) electrons. The van der Waals surface area contributed by atoms with Gasteiger partial charge in [-0.15, -0.1) is 10.2 Å². The zero-order valence-corrected chi connectivity index (χ0v) is 13.0. The summed E-state index contributed by atoms with van der Waals surface area (Å²) in [6.45, 7) is 4.82. The van der Waals surface area contributed by atoms with Crippen molar-refractivity contribution >= 4 is 0 Å². The van der Waals surface area contributed by atoms with Crippen LogP contribution < -0.4 is 0 Å². The number of hydrogen-bond acceptors (Lipinski definition) is 6. The van der Waals surface area contributed by atoms with Crippen molar-refractivity contribution < 1.29 is 8.83 Å². The lowest BCUT2D eigenvalue weighted by Crippen LogP contribution is -2.32. The number of aryl methyl sites for hydroxylation is 1. The molecule has 0 amide bonds. The molecule has 1 N–H and O–H groups in total. The average molecular weight is 313 g/mol. The van der Waals surface area contributed by atoms with Gasteiger partial charge < -0.3 is 8.83 Å². The lowest BCUT2D eigenvalue weighted by molar-refractivity contribution is 0.188. The molecular weight excluding hydrogens is 294 g/mol. The first-order valence-electron chi connectivity index (χ1n) is 7.88. The number of nitrogens with one attached hydrogen (secondary N) is 1. The maximum absolute atomic E-state index is 5.68. The molecule has 3 aromatic rings. The highest BCUT2D eigenvalue weighted by Gasteiger charge is 2.24. The number of rotatable bonds is 4. The van der Waals surface area contributed by atoms with Crippen LogP contribution in [0.25, 0.3) is 11.7 Å². The van der Waals surface area contributed by atoms with E-state index in [4.69, 9.17) is 8.83 Å². The molecule has 0 unspecified atom stereocenters. The van der Waals surface area contributed by atoms with Crippen LogP contribution in [0.15, 0.2) is 33.4 Å². The standard InChI is InChI=1S/C16H19N5O2/c1-11-13(9-17-18-11)12-4-6-21(7-5-12)10-15-19-20-16(23-15)14-3-2-8-22-14/h2-3,8-9,12H,4-7,10H2,1H3,(H,17,18). The van der Waals surface area contributed by atoms with Crippen LogP contribution >= 0.6 is 0 Å². The average Bonchev–Trinajstić information content (AvgIpc) is 3.29. The van der Waals surface area contributed by atoms with Gasteiger partial charge in [0.15, 0.2) is 5.76 Å². The van der Waals surface area contributed by atoms with Gasteiger partial charge in [0.2, 0.25) is 5.89 Å². The Morgan fingerprint density at radius 3 is 2.87 bits per heavy atom. The molecule has 0 aromatic carbocycles. The van der Waals surface area contributed by atoms with Gasteiger partial charge in [0.25, 0.3) is 5.89 Å². The fourth-order valence-corrected chi connectivity index (χ4v) is 3.18. The molecule has 7 nitrogen and oxygen atoms in total. The highest BCUT2D eigenvalue weighted by molar-refractivity contribution is 5.42. The number of nitrogens with zero attached hydrogens (tertiary/aromatic N) is 4. The van der Waals surface area contributed by atoms with Crippen LogP contribution in [0.1, 0.15) is 35.9 Å². The van der Waals surface area contributed by atoms with Crippen molar-refractivity contribution in [3.63, 3.8) is 0 Å². The fourth-order valence-electron chi connectivity index (χ4n) is 3.18. The molecule has 3 aromatic heterocycles. The van der Waals surface area contributed by atoms with Crippen LogP contribution in [0.3, 0.4) is 0 Å². The third-order valence-electron chi connectivity index (χ3n) is 4.45. The van der Waals surface area contributed by atoms with E-state index < -0.39 is 0 Å². The van der Waals surface area contributed by atoms with Gasteiger partial charge in [0.05, 0.1) is 19.0 Å². The van der Waals surface area contributed by atoms with Crippen molar-refractivity contribution in [3.8, 4) is 11.7 Å². The molecule has 120 valence electrons. The van der Waals surface area contributed by atoms with Crippen molar-refractivity contribution in [2.45, 2.75) is 32.2 Å². The topological polar surface area (TPSA) is 84.0 Å². The highest BCUT2D eigenvalue weighted by atomic mass is 16.4. The first-order chi connectivity index (χ1) is 11.3. The van der Waals surface area contributed by atoms with Gasteiger partial charge in [-0.25, -0.2) is 0 Å². The van der Waals surface area contributed by atoms with Gasteiger partial charge in [-0.05, 0) is 56.5 Å². The summed E-state index contributed by atoms with van der Waals surface area (Å²) >= 11 is 0. The molecule has 4 rings (SSSR count). The predicted molar refractivity (Wildman–Crippen MR) is 82.6 cm³/mol. The Hall–Kier alpha value is -2.41. The van der Waals surface area contributed by atoms with Crippen molar-refractivity contribution in [3.05, 3.63) is 41.7 Å². The van der Waals surface area contributed by atoms with Gasteiger partial charge in [-0.3, -0.25) is 10.00 Å². The smallest absolute Gasteiger partial charge is 0.283 e. The number of aromatic nitrogens is 4. The van der Waals surface area contributed by atoms with Crippen molar-refractivity contribution in [2.24, 2.45) is 0 Å². The summed E-state index contributed by atoms with van der Waals surface area (Å²) in [6, 6.07) is 3.62. The molecule has 1 aliphatic heterocycles. The number of piperidine rings is 1. The Balaban J connectivity index is 1.35. The van der Waals surface area contributed by atoms with E-state index >= 15 is 0 Å². The van der Waals surface area contributed by atoms with Gasteiger partial charge in [-0.2, -0.15) is 5.10 Å². The quantitative estimate of drug-likeness (QED) is 0.797. The van der Waals surface area contributed by atoms with E-state index in [-0.39, 0.29) is 0 Å². The number of H-pyrrole nitrogens is 1. The van der Waals surface area contributed by atoms with E-state index in [2.05, 4.69) is 32.2 Å². The lowest BCUT2D eigenvalue weighted by atomic mass is 9.90. The molecule has 1 saturated heterocycles. The number of hydrogen-bond donors (Lipinski definition) is 1. The largest absolute Gasteiger partial charge is 0.459 e. The highest BCUT2D eigenvalue weighted by Crippen LogP contribution is 2.29. The number of furan rings is 1. The molecular formula is C16H19N5O2. The van der Waals surface area contributed by atoms with Crippen LogP contribution in [0.5, 0.6) is 0 Å². The van der Waals surface area contributed by atoms with Crippen LogP contribution in [0.4, 0.5) is 0 Å². The Bertz CT molecular complexity index is 753. The van der Waals surface area contributed by atoms with Crippen LogP contribution in [-0.4, -0.2) is 38.4 Å². The number of aromatic amines is 1. The zero-order chi connectivity index (χ0) is 15.6. The van der Waals surface area contributed by atoms with E-state index in [1.54, 1.807) is 6.26 Å². The third kappa shape index (κ3) is 2.92. The SMILES string of the molecule is Cc1[nH]ncc1C1CCN(Cc2nnc(-c3ccco3)o2)CC1. The molecule has 1 aliphatic rings. The number of likely N-dealkylation sites (tertiary alicyclic amines) is 1. The maximum Gasteiger partial charge on any atom is 0.283 e.